The van der Waals surface area contributed by atoms with Gasteiger partial charge in [0.1, 0.15) is 5.76 Å². The number of thioether (sulfide) groups is 1. The number of nitrogens with one attached hydrogen (secondary N) is 1. The zero-order valence-corrected chi connectivity index (χ0v) is 10.6. The standard InChI is InChI=1S/C12H18N2O2S/c13-7-10-1-2-11(16-10)12(15)14-8-9-3-5-17-6-4-9/h1-2,9H,3-8,13H2,(H,14,15). The molecule has 1 aromatic rings. The van der Waals surface area contributed by atoms with Gasteiger partial charge in [-0.1, -0.05) is 0 Å². The molecule has 0 spiro atoms. The van der Waals surface area contributed by atoms with Gasteiger partial charge in [0, 0.05) is 6.54 Å². The zero-order chi connectivity index (χ0) is 12.1. The van der Waals surface area contributed by atoms with E-state index < -0.39 is 0 Å². The van der Waals surface area contributed by atoms with Gasteiger partial charge in [-0.25, -0.2) is 0 Å². The van der Waals surface area contributed by atoms with E-state index in [0.717, 1.165) is 6.54 Å². The fourth-order valence-electron chi connectivity index (χ4n) is 1.88. The number of amides is 1. The van der Waals surface area contributed by atoms with E-state index in [0.29, 0.717) is 24.0 Å². The summed E-state index contributed by atoms with van der Waals surface area (Å²) in [7, 11) is 0. The van der Waals surface area contributed by atoms with Crippen LogP contribution in [0, 0.1) is 5.92 Å². The molecule has 1 aliphatic rings. The van der Waals surface area contributed by atoms with Crippen molar-refractivity contribution in [3.8, 4) is 0 Å². The molecule has 5 heteroatoms. The molecule has 1 fully saturated rings. The second-order valence-electron chi connectivity index (χ2n) is 4.24. The Balaban J connectivity index is 1.80. The van der Waals surface area contributed by atoms with Crippen molar-refractivity contribution in [2.75, 3.05) is 18.1 Å². The number of carbonyl (C=O) groups excluding carboxylic acids is 1. The lowest BCUT2D eigenvalue weighted by molar-refractivity contribution is 0.0917. The molecule has 1 saturated heterocycles. The Morgan fingerprint density at radius 2 is 2.24 bits per heavy atom. The minimum absolute atomic E-state index is 0.136. The van der Waals surface area contributed by atoms with Crippen LogP contribution in [0.2, 0.25) is 0 Å². The van der Waals surface area contributed by atoms with E-state index in [-0.39, 0.29) is 5.91 Å². The molecule has 1 amide bonds. The largest absolute Gasteiger partial charge is 0.455 e. The maximum Gasteiger partial charge on any atom is 0.287 e. The Labute approximate surface area is 105 Å². The Morgan fingerprint density at radius 3 is 2.88 bits per heavy atom. The summed E-state index contributed by atoms with van der Waals surface area (Å²) < 4.78 is 5.29. The fraction of sp³-hybridized carbons (Fsp3) is 0.583. The second-order valence-corrected chi connectivity index (χ2v) is 5.46. The number of nitrogens with two attached hydrogens (primary N) is 1. The molecule has 1 aromatic heterocycles. The van der Waals surface area contributed by atoms with Crippen LogP contribution in [0.4, 0.5) is 0 Å². The molecular formula is C12H18N2O2S. The van der Waals surface area contributed by atoms with E-state index in [9.17, 15) is 4.79 Å². The molecule has 17 heavy (non-hydrogen) atoms. The van der Waals surface area contributed by atoms with Gasteiger partial charge < -0.3 is 15.5 Å². The molecule has 0 bridgehead atoms. The maximum atomic E-state index is 11.8. The van der Waals surface area contributed by atoms with Crippen LogP contribution in [-0.4, -0.2) is 24.0 Å². The molecule has 0 aromatic carbocycles. The van der Waals surface area contributed by atoms with Gasteiger partial charge in [-0.15, -0.1) is 0 Å². The zero-order valence-electron chi connectivity index (χ0n) is 9.78. The quantitative estimate of drug-likeness (QED) is 0.856. The first-order valence-electron chi connectivity index (χ1n) is 5.94. The van der Waals surface area contributed by atoms with Crippen molar-refractivity contribution in [3.63, 3.8) is 0 Å². The minimum atomic E-state index is -0.136. The topological polar surface area (TPSA) is 68.3 Å². The van der Waals surface area contributed by atoms with Crippen molar-refractivity contribution in [3.05, 3.63) is 23.7 Å². The lowest BCUT2D eigenvalue weighted by Crippen LogP contribution is -2.30. The summed E-state index contributed by atoms with van der Waals surface area (Å²) in [4.78, 5) is 11.8. The summed E-state index contributed by atoms with van der Waals surface area (Å²) in [6.45, 7) is 1.07. The molecule has 0 radical (unpaired) electrons. The summed E-state index contributed by atoms with van der Waals surface area (Å²) in [5.41, 5.74) is 5.43. The molecule has 0 unspecified atom stereocenters. The van der Waals surface area contributed by atoms with Crippen LogP contribution in [0.25, 0.3) is 0 Å². The smallest absolute Gasteiger partial charge is 0.287 e. The van der Waals surface area contributed by atoms with Crippen LogP contribution in [-0.2, 0) is 6.54 Å². The number of hydrogen-bond donors (Lipinski definition) is 2. The van der Waals surface area contributed by atoms with E-state index in [2.05, 4.69) is 5.32 Å². The average Bonchev–Trinajstić information content (AvgIpc) is 2.86. The van der Waals surface area contributed by atoms with Crippen LogP contribution in [0.5, 0.6) is 0 Å². The SMILES string of the molecule is NCc1ccc(C(=O)NCC2CCSCC2)o1. The fourth-order valence-corrected chi connectivity index (χ4v) is 3.09. The van der Waals surface area contributed by atoms with Crippen LogP contribution < -0.4 is 11.1 Å². The Bertz CT molecular complexity index is 372. The van der Waals surface area contributed by atoms with Gasteiger partial charge in [-0.05, 0) is 42.4 Å². The molecule has 0 saturated carbocycles. The van der Waals surface area contributed by atoms with E-state index in [1.807, 2.05) is 11.8 Å². The Morgan fingerprint density at radius 1 is 1.47 bits per heavy atom. The molecule has 0 atom stereocenters. The van der Waals surface area contributed by atoms with Crippen molar-refractivity contribution in [1.29, 1.82) is 0 Å². The first-order chi connectivity index (χ1) is 8.29. The third-order valence-corrected chi connectivity index (χ3v) is 4.03. The number of furan rings is 1. The van der Waals surface area contributed by atoms with Gasteiger partial charge in [0.05, 0.1) is 6.54 Å². The highest BCUT2D eigenvalue weighted by atomic mass is 32.2. The summed E-state index contributed by atoms with van der Waals surface area (Å²) in [5.74, 6) is 3.89. The third kappa shape index (κ3) is 3.51. The molecule has 0 aliphatic carbocycles. The predicted molar refractivity (Wildman–Crippen MR) is 69.0 cm³/mol. The van der Waals surface area contributed by atoms with E-state index in [4.69, 9.17) is 10.2 Å². The number of carbonyl (C=O) groups is 1. The van der Waals surface area contributed by atoms with Crippen LogP contribution in [0.15, 0.2) is 16.5 Å². The van der Waals surface area contributed by atoms with E-state index >= 15 is 0 Å². The average molecular weight is 254 g/mol. The number of hydrogen-bond acceptors (Lipinski definition) is 4. The van der Waals surface area contributed by atoms with Gasteiger partial charge in [0.25, 0.3) is 5.91 Å². The molecule has 2 rings (SSSR count). The maximum absolute atomic E-state index is 11.8. The van der Waals surface area contributed by atoms with Crippen molar-refractivity contribution >= 4 is 17.7 Å². The van der Waals surface area contributed by atoms with Crippen molar-refractivity contribution < 1.29 is 9.21 Å². The molecular weight excluding hydrogens is 236 g/mol. The monoisotopic (exact) mass is 254 g/mol. The lowest BCUT2D eigenvalue weighted by atomic mass is 10.0. The van der Waals surface area contributed by atoms with Gasteiger partial charge in [-0.3, -0.25) is 4.79 Å². The van der Waals surface area contributed by atoms with Crippen molar-refractivity contribution in [2.45, 2.75) is 19.4 Å². The lowest BCUT2D eigenvalue weighted by Gasteiger charge is -2.21. The normalized spacial score (nSPS) is 17.0. The molecule has 1 aliphatic heterocycles. The van der Waals surface area contributed by atoms with Crippen LogP contribution >= 0.6 is 11.8 Å². The van der Waals surface area contributed by atoms with E-state index in [1.54, 1.807) is 12.1 Å². The highest BCUT2D eigenvalue weighted by Crippen LogP contribution is 2.21. The van der Waals surface area contributed by atoms with Crippen molar-refractivity contribution in [2.24, 2.45) is 11.7 Å². The molecule has 4 nitrogen and oxygen atoms in total. The van der Waals surface area contributed by atoms with Crippen LogP contribution in [0.1, 0.15) is 29.2 Å². The van der Waals surface area contributed by atoms with Gasteiger partial charge >= 0.3 is 0 Å². The van der Waals surface area contributed by atoms with Gasteiger partial charge in [0.2, 0.25) is 0 Å². The summed E-state index contributed by atoms with van der Waals surface area (Å²) >= 11 is 1.99. The summed E-state index contributed by atoms with van der Waals surface area (Å²) in [6.07, 6.45) is 2.38. The van der Waals surface area contributed by atoms with E-state index in [1.165, 1.54) is 24.3 Å². The first kappa shape index (κ1) is 12.5. The Hall–Kier alpha value is -0.940. The summed E-state index contributed by atoms with van der Waals surface area (Å²) in [5, 5.41) is 2.92. The molecule has 2 heterocycles. The highest BCUT2D eigenvalue weighted by Gasteiger charge is 2.16. The second kappa shape index (κ2) is 6.12. The minimum Gasteiger partial charge on any atom is -0.455 e. The van der Waals surface area contributed by atoms with Gasteiger partial charge in [0.15, 0.2) is 5.76 Å². The predicted octanol–water partition coefficient (Wildman–Crippen LogP) is 1.61. The van der Waals surface area contributed by atoms with Gasteiger partial charge in [-0.2, -0.15) is 11.8 Å². The Kier molecular flexibility index (Phi) is 4.50. The third-order valence-electron chi connectivity index (χ3n) is 2.98. The number of rotatable bonds is 4. The highest BCUT2D eigenvalue weighted by molar-refractivity contribution is 7.99. The first-order valence-corrected chi connectivity index (χ1v) is 7.10. The van der Waals surface area contributed by atoms with Crippen molar-refractivity contribution in [1.82, 2.24) is 5.32 Å². The molecule has 94 valence electrons. The van der Waals surface area contributed by atoms with Crippen LogP contribution in [0.3, 0.4) is 0 Å². The summed E-state index contributed by atoms with van der Waals surface area (Å²) in [6, 6.07) is 3.42. The molecule has 3 N–H and O–H groups in total.